The van der Waals surface area contributed by atoms with E-state index in [9.17, 15) is 4.79 Å². The van der Waals surface area contributed by atoms with Crippen molar-refractivity contribution in [3.05, 3.63) is 23.9 Å². The number of hydrogen-bond donors (Lipinski definition) is 1. The van der Waals surface area contributed by atoms with E-state index in [4.69, 9.17) is 5.73 Å². The monoisotopic (exact) mass is 291 g/mol. The summed E-state index contributed by atoms with van der Waals surface area (Å²) >= 11 is 0. The largest absolute Gasteiger partial charge is 0.384 e. The molecule has 0 aliphatic carbocycles. The number of likely N-dealkylation sites (tertiary alicyclic amines) is 1. The third kappa shape index (κ3) is 4.12. The number of halogens is 2. The second-order valence-electron chi connectivity index (χ2n) is 4.39. The molecule has 1 aliphatic heterocycles. The number of hydrogen-bond acceptors (Lipinski definition) is 4. The molecule has 0 saturated carbocycles. The zero-order valence-corrected chi connectivity index (χ0v) is 12.0. The maximum Gasteiger partial charge on any atom is 0.184 e. The van der Waals surface area contributed by atoms with Crippen molar-refractivity contribution in [3.63, 3.8) is 0 Å². The smallest absolute Gasteiger partial charge is 0.184 e. The predicted molar refractivity (Wildman–Crippen MR) is 77.7 cm³/mol. The molecule has 0 bridgehead atoms. The van der Waals surface area contributed by atoms with Gasteiger partial charge in [-0.1, -0.05) is 6.07 Å². The zero-order valence-electron chi connectivity index (χ0n) is 10.3. The quantitative estimate of drug-likeness (QED) is 0.847. The molecule has 0 radical (unpaired) electrons. The summed E-state index contributed by atoms with van der Waals surface area (Å²) in [4.78, 5) is 18.5. The van der Waals surface area contributed by atoms with Gasteiger partial charge in [0.05, 0.1) is 0 Å². The van der Waals surface area contributed by atoms with Crippen LogP contribution in [-0.2, 0) is 0 Å². The Morgan fingerprint density at radius 2 is 1.94 bits per heavy atom. The number of carbonyl (C=O) groups excluding carboxylic acids is 1. The molecule has 0 spiro atoms. The SMILES string of the molecule is CN1CCC(C(=O)c2cccc(N)n2)CC1.Cl.Cl. The van der Waals surface area contributed by atoms with Crippen LogP contribution in [0.25, 0.3) is 0 Å². The number of aromatic nitrogens is 1. The van der Waals surface area contributed by atoms with Crippen molar-refractivity contribution in [2.75, 3.05) is 25.9 Å². The minimum absolute atomic E-state index is 0. The predicted octanol–water partition coefficient (Wildman–Crippen LogP) is 2.03. The van der Waals surface area contributed by atoms with Crippen molar-refractivity contribution in [1.82, 2.24) is 9.88 Å². The van der Waals surface area contributed by atoms with Crippen LogP contribution in [0.2, 0.25) is 0 Å². The van der Waals surface area contributed by atoms with E-state index in [1.165, 1.54) is 0 Å². The molecule has 0 atom stereocenters. The minimum atomic E-state index is 0. The van der Waals surface area contributed by atoms with Gasteiger partial charge in [-0.15, -0.1) is 24.8 Å². The lowest BCUT2D eigenvalue weighted by atomic mass is 9.91. The summed E-state index contributed by atoms with van der Waals surface area (Å²) in [5.41, 5.74) is 6.09. The first kappa shape index (κ1) is 17.2. The molecule has 6 heteroatoms. The Labute approximate surface area is 120 Å². The van der Waals surface area contributed by atoms with Crippen molar-refractivity contribution in [2.24, 2.45) is 5.92 Å². The van der Waals surface area contributed by atoms with Gasteiger partial charge in [-0.05, 0) is 45.1 Å². The first-order chi connectivity index (χ1) is 7.66. The van der Waals surface area contributed by atoms with Gasteiger partial charge in [0, 0.05) is 5.92 Å². The number of nitrogen functional groups attached to an aromatic ring is 1. The van der Waals surface area contributed by atoms with Gasteiger partial charge in [-0.25, -0.2) is 4.98 Å². The van der Waals surface area contributed by atoms with Gasteiger partial charge in [-0.2, -0.15) is 0 Å². The molecule has 1 saturated heterocycles. The summed E-state index contributed by atoms with van der Waals surface area (Å²) in [6.07, 6.45) is 1.84. The molecule has 1 aliphatic rings. The van der Waals surface area contributed by atoms with E-state index in [-0.39, 0.29) is 36.5 Å². The molecule has 0 unspecified atom stereocenters. The Kier molecular flexibility index (Phi) is 7.21. The lowest BCUT2D eigenvalue weighted by Crippen LogP contribution is -2.33. The van der Waals surface area contributed by atoms with E-state index in [2.05, 4.69) is 16.9 Å². The number of nitrogens with two attached hydrogens (primary N) is 1. The summed E-state index contributed by atoms with van der Waals surface area (Å²) in [7, 11) is 2.08. The number of carbonyl (C=O) groups is 1. The molecule has 102 valence electrons. The number of nitrogens with zero attached hydrogens (tertiary/aromatic N) is 2. The molecule has 4 nitrogen and oxygen atoms in total. The average molecular weight is 292 g/mol. The third-order valence-electron chi connectivity index (χ3n) is 3.11. The first-order valence-corrected chi connectivity index (χ1v) is 5.62. The minimum Gasteiger partial charge on any atom is -0.384 e. The van der Waals surface area contributed by atoms with Crippen molar-refractivity contribution < 1.29 is 4.79 Å². The van der Waals surface area contributed by atoms with E-state index in [0.29, 0.717) is 11.5 Å². The summed E-state index contributed by atoms with van der Waals surface area (Å²) in [5.74, 6) is 0.671. The number of ketones is 1. The summed E-state index contributed by atoms with van der Waals surface area (Å²) < 4.78 is 0. The molecular formula is C12H19Cl2N3O. The zero-order chi connectivity index (χ0) is 11.5. The highest BCUT2D eigenvalue weighted by Crippen LogP contribution is 2.20. The highest BCUT2D eigenvalue weighted by atomic mass is 35.5. The standard InChI is InChI=1S/C12H17N3O.2ClH/c1-15-7-5-9(6-8-15)12(16)10-3-2-4-11(13)14-10;;/h2-4,9H,5-8H2,1H3,(H2,13,14);2*1H. The van der Waals surface area contributed by atoms with Crippen LogP contribution in [0.3, 0.4) is 0 Å². The Morgan fingerprint density at radius 1 is 1.33 bits per heavy atom. The molecule has 2 heterocycles. The van der Waals surface area contributed by atoms with E-state index in [1.807, 2.05) is 0 Å². The Bertz CT molecular complexity index is 393. The topological polar surface area (TPSA) is 59.2 Å². The second kappa shape index (κ2) is 7.56. The molecule has 0 aromatic carbocycles. The second-order valence-corrected chi connectivity index (χ2v) is 4.39. The molecular weight excluding hydrogens is 273 g/mol. The van der Waals surface area contributed by atoms with Gasteiger partial charge >= 0.3 is 0 Å². The molecule has 1 aromatic heterocycles. The lowest BCUT2D eigenvalue weighted by Gasteiger charge is -2.27. The van der Waals surface area contributed by atoms with Crippen molar-refractivity contribution in [1.29, 1.82) is 0 Å². The van der Waals surface area contributed by atoms with Crippen LogP contribution in [0, 0.1) is 5.92 Å². The Hall–Kier alpha value is -0.840. The number of pyridine rings is 1. The summed E-state index contributed by atoms with van der Waals surface area (Å²) in [6, 6.07) is 5.23. The van der Waals surface area contributed by atoms with Crippen LogP contribution in [0.15, 0.2) is 18.2 Å². The Balaban J connectivity index is 0.00000144. The van der Waals surface area contributed by atoms with Gasteiger partial charge in [0.1, 0.15) is 11.5 Å². The van der Waals surface area contributed by atoms with Crippen molar-refractivity contribution in [3.8, 4) is 0 Å². The molecule has 2 rings (SSSR count). The normalized spacial score (nSPS) is 16.5. The van der Waals surface area contributed by atoms with Gasteiger partial charge < -0.3 is 10.6 Å². The Morgan fingerprint density at radius 3 is 2.50 bits per heavy atom. The fourth-order valence-corrected chi connectivity index (χ4v) is 2.07. The van der Waals surface area contributed by atoms with Crippen LogP contribution < -0.4 is 5.73 Å². The summed E-state index contributed by atoms with van der Waals surface area (Å²) in [5, 5.41) is 0. The molecule has 2 N–H and O–H groups in total. The fraction of sp³-hybridized carbons (Fsp3) is 0.500. The molecule has 1 aromatic rings. The van der Waals surface area contributed by atoms with Crippen LogP contribution in [0.4, 0.5) is 5.82 Å². The van der Waals surface area contributed by atoms with Gasteiger partial charge in [0.2, 0.25) is 0 Å². The van der Waals surface area contributed by atoms with Gasteiger partial charge in [0.15, 0.2) is 5.78 Å². The van der Waals surface area contributed by atoms with Gasteiger partial charge in [-0.3, -0.25) is 4.79 Å². The maximum atomic E-state index is 12.1. The van der Waals surface area contributed by atoms with E-state index >= 15 is 0 Å². The van der Waals surface area contributed by atoms with Crippen LogP contribution in [0.5, 0.6) is 0 Å². The average Bonchev–Trinajstić information content (AvgIpc) is 2.29. The number of Topliss-reactive ketones (excluding diaryl/α,β-unsaturated/α-hetero) is 1. The highest BCUT2D eigenvalue weighted by Gasteiger charge is 2.25. The number of anilines is 1. The van der Waals surface area contributed by atoms with E-state index in [1.54, 1.807) is 18.2 Å². The summed E-state index contributed by atoms with van der Waals surface area (Å²) in [6.45, 7) is 1.97. The fourth-order valence-electron chi connectivity index (χ4n) is 2.07. The number of rotatable bonds is 2. The van der Waals surface area contributed by atoms with Crippen LogP contribution in [-0.4, -0.2) is 35.8 Å². The van der Waals surface area contributed by atoms with Gasteiger partial charge in [0.25, 0.3) is 0 Å². The van der Waals surface area contributed by atoms with Crippen molar-refractivity contribution in [2.45, 2.75) is 12.8 Å². The van der Waals surface area contributed by atoms with Crippen molar-refractivity contribution >= 4 is 36.4 Å². The first-order valence-electron chi connectivity index (χ1n) is 5.62. The lowest BCUT2D eigenvalue weighted by molar-refractivity contribution is 0.0851. The van der Waals surface area contributed by atoms with Crippen LogP contribution >= 0.6 is 24.8 Å². The van der Waals surface area contributed by atoms with Crippen LogP contribution in [0.1, 0.15) is 23.3 Å². The van der Waals surface area contributed by atoms with E-state index in [0.717, 1.165) is 25.9 Å². The van der Waals surface area contributed by atoms with E-state index < -0.39 is 0 Å². The molecule has 0 amide bonds. The molecule has 18 heavy (non-hydrogen) atoms. The maximum absolute atomic E-state index is 12.1. The molecule has 1 fully saturated rings. The highest BCUT2D eigenvalue weighted by molar-refractivity contribution is 5.96. The third-order valence-corrected chi connectivity index (χ3v) is 3.11. The number of piperidine rings is 1.